The molecule has 0 saturated heterocycles. The monoisotopic (exact) mass is 543 g/mol. The van der Waals surface area contributed by atoms with Gasteiger partial charge in [-0.15, -0.1) is 11.3 Å². The van der Waals surface area contributed by atoms with Crippen LogP contribution in [0.1, 0.15) is 51.4 Å². The van der Waals surface area contributed by atoms with Crippen LogP contribution in [-0.2, 0) is 9.53 Å². The summed E-state index contributed by atoms with van der Waals surface area (Å²) in [4.78, 5) is 29.9. The number of hydrogen-bond acceptors (Lipinski definition) is 11. The highest BCUT2D eigenvalue weighted by Crippen LogP contribution is 2.38. The quantitative estimate of drug-likeness (QED) is 0.263. The molecule has 0 aromatic carbocycles. The zero-order chi connectivity index (χ0) is 27.7. The van der Waals surface area contributed by atoms with Crippen LogP contribution in [0.2, 0.25) is 0 Å². The van der Waals surface area contributed by atoms with Crippen molar-refractivity contribution in [2.24, 2.45) is 5.92 Å². The van der Waals surface area contributed by atoms with Crippen molar-refractivity contribution in [2.75, 3.05) is 37.4 Å². The highest BCUT2D eigenvalue weighted by atomic mass is 32.1. The molecular weight excluding hydrogens is 502 g/mol. The predicted molar refractivity (Wildman–Crippen MR) is 154 cm³/mol. The maximum Gasteiger partial charge on any atom is 0.225 e. The van der Waals surface area contributed by atoms with E-state index in [1.165, 1.54) is 0 Å². The molecule has 0 amide bonds. The highest BCUT2D eigenvalue weighted by Gasteiger charge is 2.31. The molecule has 1 aliphatic carbocycles. The molecule has 10 nitrogen and oxygen atoms in total. The molecule has 0 bridgehead atoms. The van der Waals surface area contributed by atoms with Crippen molar-refractivity contribution in [2.45, 2.75) is 72.1 Å². The van der Waals surface area contributed by atoms with Crippen LogP contribution in [0.15, 0.2) is 12.3 Å². The van der Waals surface area contributed by atoms with E-state index in [9.17, 15) is 9.90 Å². The smallest absolute Gasteiger partial charge is 0.225 e. The van der Waals surface area contributed by atoms with Crippen LogP contribution in [0.25, 0.3) is 20.8 Å². The third-order valence-electron chi connectivity index (χ3n) is 6.53. The van der Waals surface area contributed by atoms with Crippen molar-refractivity contribution >= 4 is 39.6 Å². The van der Waals surface area contributed by atoms with Gasteiger partial charge in [-0.2, -0.15) is 4.98 Å². The molecule has 4 atom stereocenters. The molecule has 3 heterocycles. The number of carbonyl (C=O) groups is 1. The number of anilines is 2. The van der Waals surface area contributed by atoms with Gasteiger partial charge in [0.2, 0.25) is 5.95 Å². The van der Waals surface area contributed by atoms with Crippen molar-refractivity contribution in [3.8, 4) is 10.6 Å². The van der Waals surface area contributed by atoms with Crippen LogP contribution in [0, 0.1) is 19.8 Å². The van der Waals surface area contributed by atoms with E-state index in [1.54, 1.807) is 17.5 Å². The average Bonchev–Trinajstić information content (AvgIpc) is 3.55. The van der Waals surface area contributed by atoms with E-state index in [0.717, 1.165) is 51.6 Å². The standard InChI is InChI=1S/C24H32N6O3S.C3H9N/c1-5-33-12-13(2)26-24-27-14(3)20(23-29-21-15(4)25-9-8-19(21)34-23)22(30-24)28-17-7-6-16(10-17)18(32)11-31;1-3-4-2/h8-9,11,13,16-18,32H,5-7,10,12H2,1-4H3,(H2,26,27,28,30);4H,3H2,1-2H3/t13-,16?,17?,18?;/m1./s1. The molecule has 4 rings (SSSR count). The van der Waals surface area contributed by atoms with E-state index < -0.39 is 6.10 Å². The first-order valence-electron chi connectivity index (χ1n) is 13.3. The number of aliphatic hydroxyl groups is 1. The van der Waals surface area contributed by atoms with Crippen LogP contribution in [0.4, 0.5) is 11.8 Å². The number of carbonyl (C=O) groups excluding carboxylic acids is 1. The lowest BCUT2D eigenvalue weighted by atomic mass is 10.0. The summed E-state index contributed by atoms with van der Waals surface area (Å²) in [6.45, 7) is 12.3. The van der Waals surface area contributed by atoms with Gasteiger partial charge in [0, 0.05) is 24.9 Å². The van der Waals surface area contributed by atoms with Gasteiger partial charge in [0.15, 0.2) is 0 Å². The number of pyridine rings is 1. The summed E-state index contributed by atoms with van der Waals surface area (Å²) < 4.78 is 6.58. The Morgan fingerprint density at radius 1 is 1.21 bits per heavy atom. The lowest BCUT2D eigenvalue weighted by Gasteiger charge is -2.20. The minimum atomic E-state index is -0.921. The topological polar surface area (TPSA) is 134 Å². The number of aromatic nitrogens is 4. The molecule has 11 heteroatoms. The van der Waals surface area contributed by atoms with Crippen molar-refractivity contribution < 1.29 is 14.6 Å². The second kappa shape index (κ2) is 14.4. The number of rotatable bonds is 11. The van der Waals surface area contributed by atoms with Gasteiger partial charge in [0.25, 0.3) is 0 Å². The number of fused-ring (bicyclic) bond motifs is 1. The van der Waals surface area contributed by atoms with Crippen LogP contribution < -0.4 is 16.0 Å². The van der Waals surface area contributed by atoms with Gasteiger partial charge in [-0.05, 0) is 72.5 Å². The van der Waals surface area contributed by atoms with E-state index >= 15 is 0 Å². The Hall–Kier alpha value is -2.73. The fraction of sp³-hybridized carbons (Fsp3) is 0.593. The van der Waals surface area contributed by atoms with E-state index in [4.69, 9.17) is 19.7 Å². The van der Waals surface area contributed by atoms with E-state index in [-0.39, 0.29) is 18.0 Å². The Balaban J connectivity index is 0.000000934. The van der Waals surface area contributed by atoms with Crippen molar-refractivity contribution in [3.63, 3.8) is 0 Å². The first-order chi connectivity index (χ1) is 18.3. The molecule has 1 fully saturated rings. The molecular formula is C27H41N7O3S. The summed E-state index contributed by atoms with van der Waals surface area (Å²) in [5.41, 5.74) is 3.45. The third-order valence-corrected chi connectivity index (χ3v) is 7.57. The zero-order valence-electron chi connectivity index (χ0n) is 23.2. The second-order valence-corrected chi connectivity index (χ2v) is 10.6. The van der Waals surface area contributed by atoms with Gasteiger partial charge in [0.05, 0.1) is 28.3 Å². The van der Waals surface area contributed by atoms with E-state index in [0.29, 0.717) is 37.7 Å². The molecule has 0 radical (unpaired) electrons. The minimum Gasteiger partial charge on any atom is -0.385 e. The molecule has 38 heavy (non-hydrogen) atoms. The number of aldehydes is 1. The molecule has 4 N–H and O–H groups in total. The number of nitrogens with zero attached hydrogens (tertiary/aromatic N) is 4. The Kier molecular flexibility index (Phi) is 11.3. The predicted octanol–water partition coefficient (Wildman–Crippen LogP) is 3.97. The van der Waals surface area contributed by atoms with Gasteiger partial charge in [-0.1, -0.05) is 6.92 Å². The Bertz CT molecular complexity index is 1190. The summed E-state index contributed by atoms with van der Waals surface area (Å²) >= 11 is 1.59. The van der Waals surface area contributed by atoms with Gasteiger partial charge in [0.1, 0.15) is 28.7 Å². The second-order valence-electron chi connectivity index (χ2n) is 9.57. The van der Waals surface area contributed by atoms with Gasteiger partial charge >= 0.3 is 0 Å². The molecule has 1 aliphatic rings. The lowest BCUT2D eigenvalue weighted by molar-refractivity contribution is -0.117. The Morgan fingerprint density at radius 3 is 2.63 bits per heavy atom. The number of ether oxygens (including phenoxy) is 1. The fourth-order valence-corrected chi connectivity index (χ4v) is 5.52. The maximum absolute atomic E-state index is 11.1. The van der Waals surface area contributed by atoms with Crippen molar-refractivity contribution in [3.05, 3.63) is 23.7 Å². The van der Waals surface area contributed by atoms with Gasteiger partial charge in [-0.25, -0.2) is 9.97 Å². The normalized spacial score (nSPS) is 18.5. The minimum absolute atomic E-state index is 0.0404. The fourth-order valence-electron chi connectivity index (χ4n) is 4.41. The van der Waals surface area contributed by atoms with Crippen LogP contribution >= 0.6 is 11.3 Å². The number of hydrogen-bond donors (Lipinski definition) is 4. The van der Waals surface area contributed by atoms with Crippen molar-refractivity contribution in [1.29, 1.82) is 0 Å². The molecule has 208 valence electrons. The number of aliphatic hydroxyl groups excluding tert-OH is 1. The molecule has 0 spiro atoms. The first-order valence-corrected chi connectivity index (χ1v) is 14.1. The summed E-state index contributed by atoms with van der Waals surface area (Å²) in [6, 6.07) is 2.12. The Labute approximate surface area is 229 Å². The largest absolute Gasteiger partial charge is 0.385 e. The summed E-state index contributed by atoms with van der Waals surface area (Å²) in [7, 11) is 1.93. The molecule has 3 aromatic heterocycles. The van der Waals surface area contributed by atoms with Crippen LogP contribution in [0.5, 0.6) is 0 Å². The molecule has 3 aromatic rings. The van der Waals surface area contributed by atoms with Gasteiger partial charge in [-0.3, -0.25) is 4.98 Å². The molecule has 0 aliphatic heterocycles. The molecule has 3 unspecified atom stereocenters. The summed E-state index contributed by atoms with van der Waals surface area (Å²) in [6.07, 6.45) is 3.85. The average molecular weight is 544 g/mol. The maximum atomic E-state index is 11.1. The van der Waals surface area contributed by atoms with E-state index in [1.807, 2.05) is 40.8 Å². The molecule has 1 saturated carbocycles. The SMILES string of the molecule is CCNC.CCOC[C@@H](C)Nc1nc(C)c(-c2nc3c(C)nccc3s2)c(NC2CCC(C(O)C=O)C2)n1. The third kappa shape index (κ3) is 7.66. The highest BCUT2D eigenvalue weighted by molar-refractivity contribution is 7.21. The summed E-state index contributed by atoms with van der Waals surface area (Å²) in [5.74, 6) is 1.19. The number of thiazole rings is 1. The van der Waals surface area contributed by atoms with E-state index in [2.05, 4.69) is 27.9 Å². The van der Waals surface area contributed by atoms with Gasteiger partial charge < -0.3 is 30.6 Å². The Morgan fingerprint density at radius 2 is 1.97 bits per heavy atom. The number of nitrogens with one attached hydrogen (secondary N) is 3. The summed E-state index contributed by atoms with van der Waals surface area (Å²) in [5, 5.41) is 20.7. The lowest BCUT2D eigenvalue weighted by Crippen LogP contribution is -2.25. The van der Waals surface area contributed by atoms with Crippen molar-refractivity contribution in [1.82, 2.24) is 25.3 Å². The van der Waals surface area contributed by atoms with Crippen LogP contribution in [0.3, 0.4) is 0 Å². The zero-order valence-corrected chi connectivity index (χ0v) is 24.1. The first kappa shape index (κ1) is 29.8. The number of aryl methyl sites for hydroxylation is 2. The van der Waals surface area contributed by atoms with Crippen LogP contribution in [-0.4, -0.2) is 76.3 Å².